The normalized spacial score (nSPS) is 11.4. The number of hydrogen-bond donors (Lipinski definition) is 1. The van der Waals surface area contributed by atoms with Gasteiger partial charge in [-0.05, 0) is 38.2 Å². The van der Waals surface area contributed by atoms with Crippen molar-refractivity contribution in [3.63, 3.8) is 0 Å². The first-order chi connectivity index (χ1) is 8.96. The first kappa shape index (κ1) is 16.3. The van der Waals surface area contributed by atoms with Crippen LogP contribution in [0.4, 0.5) is 0 Å². The summed E-state index contributed by atoms with van der Waals surface area (Å²) in [5, 5.41) is 3.35. The molecule has 1 heterocycles. The number of aromatic nitrogens is 1. The first-order valence-corrected chi connectivity index (χ1v) is 8.04. The van der Waals surface area contributed by atoms with E-state index in [1.165, 1.54) is 0 Å². The van der Waals surface area contributed by atoms with Gasteiger partial charge in [-0.3, -0.25) is 4.79 Å². The van der Waals surface area contributed by atoms with Crippen LogP contribution in [0.3, 0.4) is 0 Å². The van der Waals surface area contributed by atoms with Gasteiger partial charge in [-0.25, -0.2) is 4.98 Å². The minimum atomic E-state index is -0.0901. The second kappa shape index (κ2) is 7.15. The Balaban J connectivity index is 2.74. The van der Waals surface area contributed by atoms with Gasteiger partial charge in [0, 0.05) is 22.5 Å². The Labute approximate surface area is 124 Å². The van der Waals surface area contributed by atoms with Crippen molar-refractivity contribution < 1.29 is 4.79 Å². The maximum atomic E-state index is 12.1. The van der Waals surface area contributed by atoms with Crippen molar-refractivity contribution in [1.29, 1.82) is 0 Å². The zero-order valence-corrected chi connectivity index (χ0v) is 13.5. The summed E-state index contributed by atoms with van der Waals surface area (Å²) in [6.07, 6.45) is 4.15. The van der Waals surface area contributed by atoms with Crippen LogP contribution in [0.15, 0.2) is 12.1 Å². The number of nitrogens with one attached hydrogen (secondary N) is 1. The zero-order valence-electron chi connectivity index (χ0n) is 11.9. The summed E-state index contributed by atoms with van der Waals surface area (Å²) >= 11 is 7.68. The molecule has 1 amide bonds. The summed E-state index contributed by atoms with van der Waals surface area (Å²) in [5.74, 6) is -0.0901. The topological polar surface area (TPSA) is 42.0 Å². The Morgan fingerprint density at radius 2 is 2.05 bits per heavy atom. The summed E-state index contributed by atoms with van der Waals surface area (Å²) in [6, 6.07) is 3.35. The van der Waals surface area contributed by atoms with Crippen molar-refractivity contribution in [2.24, 2.45) is 0 Å². The standard InChI is InChI=1S/C14H21ClN2OS/c1-5-14(6-2,19-4)9-16-13(18)11-7-10(3)17-12(15)8-11/h7-8H,5-6,9H2,1-4H3,(H,16,18). The lowest BCUT2D eigenvalue weighted by Gasteiger charge is -2.29. The minimum Gasteiger partial charge on any atom is -0.351 e. The number of nitrogens with zero attached hydrogens (tertiary/aromatic N) is 1. The summed E-state index contributed by atoms with van der Waals surface area (Å²) in [6.45, 7) is 6.80. The Morgan fingerprint density at radius 1 is 1.42 bits per heavy atom. The van der Waals surface area contributed by atoms with E-state index < -0.39 is 0 Å². The molecule has 0 aliphatic heterocycles. The third-order valence-electron chi connectivity index (χ3n) is 3.48. The van der Waals surface area contributed by atoms with Gasteiger partial charge in [0.15, 0.2) is 0 Å². The highest BCUT2D eigenvalue weighted by atomic mass is 35.5. The fourth-order valence-electron chi connectivity index (χ4n) is 1.96. The average Bonchev–Trinajstić information content (AvgIpc) is 2.39. The second-order valence-corrected chi connectivity index (χ2v) is 6.26. The maximum Gasteiger partial charge on any atom is 0.251 e. The summed E-state index contributed by atoms with van der Waals surface area (Å²) < 4.78 is 0.113. The van der Waals surface area contributed by atoms with Crippen LogP contribution in [0, 0.1) is 6.92 Å². The largest absolute Gasteiger partial charge is 0.351 e. The number of halogens is 1. The molecule has 0 fully saturated rings. The number of rotatable bonds is 6. The summed E-state index contributed by atoms with van der Waals surface area (Å²) in [5.41, 5.74) is 1.32. The Morgan fingerprint density at radius 3 is 2.53 bits per heavy atom. The molecule has 1 aromatic rings. The minimum absolute atomic E-state index is 0.0901. The fraction of sp³-hybridized carbons (Fsp3) is 0.571. The number of aryl methyl sites for hydroxylation is 1. The van der Waals surface area contributed by atoms with Crippen LogP contribution in [0.25, 0.3) is 0 Å². The van der Waals surface area contributed by atoms with Gasteiger partial charge >= 0.3 is 0 Å². The van der Waals surface area contributed by atoms with E-state index in [0.29, 0.717) is 17.3 Å². The molecule has 0 aliphatic rings. The van der Waals surface area contributed by atoms with Gasteiger partial charge < -0.3 is 5.32 Å². The molecule has 3 nitrogen and oxygen atoms in total. The maximum absolute atomic E-state index is 12.1. The zero-order chi connectivity index (χ0) is 14.5. The predicted octanol–water partition coefficient (Wildman–Crippen LogP) is 3.70. The van der Waals surface area contributed by atoms with Crippen LogP contribution in [0.2, 0.25) is 5.15 Å². The van der Waals surface area contributed by atoms with E-state index in [1.54, 1.807) is 12.1 Å². The quantitative estimate of drug-likeness (QED) is 0.815. The Hall–Kier alpha value is -0.740. The van der Waals surface area contributed by atoms with Gasteiger partial charge in [0.25, 0.3) is 5.91 Å². The molecule has 1 rings (SSSR count). The molecule has 0 aliphatic carbocycles. The number of carbonyl (C=O) groups excluding carboxylic acids is 1. The van der Waals surface area contributed by atoms with E-state index >= 15 is 0 Å². The van der Waals surface area contributed by atoms with Gasteiger partial charge in [-0.15, -0.1) is 0 Å². The third-order valence-corrected chi connectivity index (χ3v) is 5.26. The summed E-state index contributed by atoms with van der Waals surface area (Å²) in [7, 11) is 0. The van der Waals surface area contributed by atoms with Gasteiger partial charge in [0.05, 0.1) is 0 Å². The number of amides is 1. The van der Waals surface area contributed by atoms with Crippen LogP contribution in [0.5, 0.6) is 0 Å². The number of pyridine rings is 1. The highest BCUT2D eigenvalue weighted by molar-refractivity contribution is 8.00. The van der Waals surface area contributed by atoms with Crippen molar-refractivity contribution >= 4 is 29.3 Å². The lowest BCUT2D eigenvalue weighted by atomic mass is 10.0. The van der Waals surface area contributed by atoms with Crippen LogP contribution < -0.4 is 5.32 Å². The van der Waals surface area contributed by atoms with Crippen molar-refractivity contribution in [3.8, 4) is 0 Å². The number of hydrogen-bond acceptors (Lipinski definition) is 3. The molecule has 0 atom stereocenters. The predicted molar refractivity (Wildman–Crippen MR) is 83.1 cm³/mol. The van der Waals surface area contributed by atoms with Crippen LogP contribution in [-0.2, 0) is 0 Å². The molecule has 1 N–H and O–H groups in total. The fourth-order valence-corrected chi connectivity index (χ4v) is 3.01. The third kappa shape index (κ3) is 4.39. The molecule has 5 heteroatoms. The lowest BCUT2D eigenvalue weighted by Crippen LogP contribution is -2.39. The molecule has 0 unspecified atom stereocenters. The number of carbonyl (C=O) groups is 1. The molecule has 0 radical (unpaired) electrons. The van der Waals surface area contributed by atoms with Gasteiger partial charge in [-0.1, -0.05) is 25.4 Å². The van der Waals surface area contributed by atoms with Crippen LogP contribution in [0.1, 0.15) is 42.7 Å². The molecule has 0 spiro atoms. The molecule has 106 valence electrons. The number of thioether (sulfide) groups is 1. The monoisotopic (exact) mass is 300 g/mol. The highest BCUT2D eigenvalue weighted by Gasteiger charge is 2.25. The van der Waals surface area contributed by atoms with E-state index in [-0.39, 0.29) is 10.7 Å². The van der Waals surface area contributed by atoms with Crippen LogP contribution >= 0.6 is 23.4 Å². The highest BCUT2D eigenvalue weighted by Crippen LogP contribution is 2.29. The SMILES string of the molecule is CCC(CC)(CNC(=O)c1cc(C)nc(Cl)c1)SC. The molecule has 0 saturated carbocycles. The van der Waals surface area contributed by atoms with Crippen molar-refractivity contribution in [3.05, 3.63) is 28.5 Å². The average molecular weight is 301 g/mol. The molecule has 0 aromatic carbocycles. The lowest BCUT2D eigenvalue weighted by molar-refractivity contribution is 0.0948. The Bertz CT molecular complexity index is 419. The second-order valence-electron chi connectivity index (χ2n) is 4.60. The van der Waals surface area contributed by atoms with Gasteiger partial charge in [0.1, 0.15) is 5.15 Å². The van der Waals surface area contributed by atoms with E-state index in [9.17, 15) is 4.79 Å². The van der Waals surface area contributed by atoms with E-state index in [4.69, 9.17) is 11.6 Å². The Kier molecular flexibility index (Phi) is 6.14. The van der Waals surface area contributed by atoms with Crippen molar-refractivity contribution in [2.75, 3.05) is 12.8 Å². The molecular weight excluding hydrogens is 280 g/mol. The van der Waals surface area contributed by atoms with E-state index in [2.05, 4.69) is 30.4 Å². The van der Waals surface area contributed by atoms with Gasteiger partial charge in [0.2, 0.25) is 0 Å². The molecule has 0 saturated heterocycles. The van der Waals surface area contributed by atoms with E-state index in [1.807, 2.05) is 18.7 Å². The van der Waals surface area contributed by atoms with Crippen molar-refractivity contribution in [2.45, 2.75) is 38.4 Å². The smallest absolute Gasteiger partial charge is 0.251 e. The van der Waals surface area contributed by atoms with E-state index in [0.717, 1.165) is 18.5 Å². The molecule has 0 bridgehead atoms. The first-order valence-electron chi connectivity index (χ1n) is 6.44. The van der Waals surface area contributed by atoms with Crippen molar-refractivity contribution in [1.82, 2.24) is 10.3 Å². The van der Waals surface area contributed by atoms with Gasteiger partial charge in [-0.2, -0.15) is 11.8 Å². The summed E-state index contributed by atoms with van der Waals surface area (Å²) in [4.78, 5) is 16.2. The van der Waals surface area contributed by atoms with Crippen LogP contribution in [-0.4, -0.2) is 28.4 Å². The molecule has 19 heavy (non-hydrogen) atoms. The molecular formula is C14H21ClN2OS. The molecule has 1 aromatic heterocycles.